The lowest BCUT2D eigenvalue weighted by Gasteiger charge is -2.26. The first kappa shape index (κ1) is 32.1. The largest absolute Gasteiger partial charge is 0.103 e. The minimum absolute atomic E-state index is 0.818. The number of hydrogen-bond acceptors (Lipinski definition) is 0. The van der Waals surface area contributed by atoms with Crippen molar-refractivity contribution in [2.45, 2.75) is 86.5 Å². The van der Waals surface area contributed by atoms with Crippen LogP contribution in [0.2, 0.25) is 0 Å². The number of allylic oxidation sites excluding steroid dienone is 11. The fraction of sp³-hybridized carbons (Fsp3) is 0.371. The van der Waals surface area contributed by atoms with Crippen molar-refractivity contribution in [1.29, 1.82) is 0 Å². The monoisotopic (exact) mass is 470 g/mol. The lowest BCUT2D eigenvalue weighted by Crippen LogP contribution is -2.07. The van der Waals surface area contributed by atoms with Crippen molar-refractivity contribution < 1.29 is 0 Å². The van der Waals surface area contributed by atoms with Crippen LogP contribution in [0.4, 0.5) is 0 Å². The van der Waals surface area contributed by atoms with Crippen LogP contribution < -0.4 is 0 Å². The molecule has 0 aromatic heterocycles. The summed E-state index contributed by atoms with van der Waals surface area (Å²) in [5.74, 6) is 0. The third-order valence-corrected chi connectivity index (χ3v) is 5.69. The fourth-order valence-electron chi connectivity index (χ4n) is 4.21. The average molecular weight is 471 g/mol. The Morgan fingerprint density at radius 1 is 0.971 bits per heavy atom. The molecule has 0 saturated heterocycles. The molecule has 0 N–H and O–H groups in total. The smallest absolute Gasteiger partial charge is 0.00941 e. The molecular weight excluding hydrogens is 420 g/mol. The fourth-order valence-corrected chi connectivity index (χ4v) is 4.21. The topological polar surface area (TPSA) is 0 Å². The van der Waals surface area contributed by atoms with E-state index in [0.717, 1.165) is 25.7 Å². The van der Waals surface area contributed by atoms with Crippen LogP contribution in [-0.2, 0) is 6.42 Å². The van der Waals surface area contributed by atoms with Crippen molar-refractivity contribution in [3.05, 3.63) is 126 Å². The highest BCUT2D eigenvalue weighted by Crippen LogP contribution is 2.39. The highest BCUT2D eigenvalue weighted by atomic mass is 14.2. The van der Waals surface area contributed by atoms with Gasteiger partial charge in [0.05, 0.1) is 0 Å². The molecule has 190 valence electrons. The van der Waals surface area contributed by atoms with Gasteiger partial charge in [0.25, 0.3) is 0 Å². The Kier molecular flexibility index (Phi) is 17.9. The Hall–Kier alpha value is -2.86. The number of hydrogen-bond donors (Lipinski definition) is 0. The second-order valence-corrected chi connectivity index (χ2v) is 8.78. The standard InChI is InChI=1S/C29H36.C3H8.C3H6/c1-7-14-23-16-12-17-24(20-23)21-27-18-13-19-28(22(27)6)29(25(9-3)10-4)26(11-5)15-8-2;2*1-3-2/h8-12,16-17,20-21H,2-3,5,7,13-15,18-19H2,1,4,6H3;3H2,1-2H3;3H,1H2,2H3/b25-10-,27-21+,29-26-;;. The molecule has 1 aliphatic rings. The van der Waals surface area contributed by atoms with Crippen molar-refractivity contribution in [3.63, 3.8) is 0 Å². The average Bonchev–Trinajstić information content (AvgIpc) is 2.84. The van der Waals surface area contributed by atoms with Gasteiger partial charge in [0.2, 0.25) is 0 Å². The quantitative estimate of drug-likeness (QED) is 0.248. The normalized spacial score (nSPS) is 15.1. The highest BCUT2D eigenvalue weighted by molar-refractivity contribution is 5.66. The van der Waals surface area contributed by atoms with Crippen molar-refractivity contribution >= 4 is 6.08 Å². The molecule has 0 nitrogen and oxygen atoms in total. The highest BCUT2D eigenvalue weighted by Gasteiger charge is 2.20. The zero-order valence-corrected chi connectivity index (χ0v) is 23.6. The molecule has 0 spiro atoms. The summed E-state index contributed by atoms with van der Waals surface area (Å²) >= 11 is 0. The van der Waals surface area contributed by atoms with E-state index in [1.54, 1.807) is 6.08 Å². The maximum Gasteiger partial charge on any atom is -0.00941 e. The van der Waals surface area contributed by atoms with E-state index in [9.17, 15) is 0 Å². The SMILES string of the molecule is C=CC.C=CC/C(C=C)=C(C1=C(C)/C(=C/c2cccc(CCC)c2)CCC1)/C(C=C)=C\C.CCC. The molecule has 0 unspecified atom stereocenters. The van der Waals surface area contributed by atoms with Gasteiger partial charge in [-0.25, -0.2) is 0 Å². The van der Waals surface area contributed by atoms with E-state index in [1.807, 2.05) is 25.2 Å². The molecule has 0 atom stereocenters. The molecule has 0 radical (unpaired) electrons. The molecular formula is C35H50. The first-order chi connectivity index (χ1) is 16.9. The lowest BCUT2D eigenvalue weighted by molar-refractivity contribution is 0.772. The molecule has 0 fully saturated rings. The molecule has 1 aliphatic carbocycles. The zero-order chi connectivity index (χ0) is 26.6. The van der Waals surface area contributed by atoms with Gasteiger partial charge in [0.15, 0.2) is 0 Å². The van der Waals surface area contributed by atoms with Crippen LogP contribution in [0.15, 0.2) is 114 Å². The van der Waals surface area contributed by atoms with Gasteiger partial charge in [-0.2, -0.15) is 0 Å². The second-order valence-electron chi connectivity index (χ2n) is 8.78. The minimum Gasteiger partial charge on any atom is -0.103 e. The predicted molar refractivity (Wildman–Crippen MR) is 163 cm³/mol. The van der Waals surface area contributed by atoms with Gasteiger partial charge < -0.3 is 0 Å². The summed E-state index contributed by atoms with van der Waals surface area (Å²) < 4.78 is 0. The van der Waals surface area contributed by atoms with Gasteiger partial charge >= 0.3 is 0 Å². The molecule has 0 aliphatic heterocycles. The summed E-state index contributed by atoms with van der Waals surface area (Å²) in [6.07, 6.45) is 20.0. The Labute approximate surface area is 218 Å². The summed E-state index contributed by atoms with van der Waals surface area (Å²) in [5, 5.41) is 0. The molecule has 0 heteroatoms. The number of aryl methyl sites for hydroxylation is 1. The van der Waals surface area contributed by atoms with E-state index < -0.39 is 0 Å². The van der Waals surface area contributed by atoms with Crippen LogP contribution in [-0.4, -0.2) is 0 Å². The predicted octanol–water partition coefficient (Wildman–Crippen LogP) is 11.3. The zero-order valence-electron chi connectivity index (χ0n) is 23.6. The molecule has 0 heterocycles. The molecule has 0 bridgehead atoms. The van der Waals surface area contributed by atoms with E-state index in [0.29, 0.717) is 0 Å². The van der Waals surface area contributed by atoms with E-state index >= 15 is 0 Å². The molecule has 35 heavy (non-hydrogen) atoms. The Bertz CT molecular complexity index is 940. The second kappa shape index (κ2) is 19.4. The number of benzene rings is 1. The van der Waals surface area contributed by atoms with Crippen LogP contribution in [0, 0.1) is 0 Å². The first-order valence-electron chi connectivity index (χ1n) is 13.2. The van der Waals surface area contributed by atoms with Gasteiger partial charge in [-0.05, 0) is 97.4 Å². The lowest BCUT2D eigenvalue weighted by atomic mass is 9.79. The van der Waals surface area contributed by atoms with Crippen LogP contribution >= 0.6 is 0 Å². The van der Waals surface area contributed by atoms with Crippen LogP contribution in [0.1, 0.15) is 91.2 Å². The van der Waals surface area contributed by atoms with E-state index in [1.165, 1.54) is 63.8 Å². The van der Waals surface area contributed by atoms with Crippen LogP contribution in [0.25, 0.3) is 6.08 Å². The van der Waals surface area contributed by atoms with Crippen molar-refractivity contribution in [3.8, 4) is 0 Å². The van der Waals surface area contributed by atoms with Crippen LogP contribution in [0.5, 0.6) is 0 Å². The van der Waals surface area contributed by atoms with E-state index in [-0.39, 0.29) is 0 Å². The third-order valence-electron chi connectivity index (χ3n) is 5.69. The van der Waals surface area contributed by atoms with Gasteiger partial charge in [-0.1, -0.05) is 107 Å². The molecule has 0 amide bonds. The summed E-state index contributed by atoms with van der Waals surface area (Å²) in [6.45, 7) is 28.2. The van der Waals surface area contributed by atoms with Gasteiger partial charge in [-0.3, -0.25) is 0 Å². The summed E-state index contributed by atoms with van der Waals surface area (Å²) in [7, 11) is 0. The Balaban J connectivity index is 0.00000174. The van der Waals surface area contributed by atoms with Crippen molar-refractivity contribution in [2.24, 2.45) is 0 Å². The summed E-state index contributed by atoms with van der Waals surface area (Å²) in [4.78, 5) is 0. The molecule has 0 saturated carbocycles. The third kappa shape index (κ3) is 11.0. The van der Waals surface area contributed by atoms with E-state index in [2.05, 4.69) is 97.4 Å². The van der Waals surface area contributed by atoms with Gasteiger partial charge in [-0.15, -0.1) is 13.2 Å². The Morgan fingerprint density at radius 2 is 1.63 bits per heavy atom. The van der Waals surface area contributed by atoms with Crippen molar-refractivity contribution in [2.75, 3.05) is 0 Å². The summed E-state index contributed by atoms with van der Waals surface area (Å²) in [5.41, 5.74) is 10.7. The van der Waals surface area contributed by atoms with Gasteiger partial charge in [0.1, 0.15) is 0 Å². The molecule has 2 rings (SSSR count). The first-order valence-corrected chi connectivity index (χ1v) is 13.2. The summed E-state index contributed by atoms with van der Waals surface area (Å²) in [6, 6.07) is 8.97. The Morgan fingerprint density at radius 3 is 2.14 bits per heavy atom. The number of rotatable bonds is 9. The molecule has 1 aromatic carbocycles. The van der Waals surface area contributed by atoms with Gasteiger partial charge in [0, 0.05) is 0 Å². The van der Waals surface area contributed by atoms with Crippen LogP contribution in [0.3, 0.4) is 0 Å². The van der Waals surface area contributed by atoms with E-state index in [4.69, 9.17) is 0 Å². The minimum atomic E-state index is 0.818. The maximum absolute atomic E-state index is 4.08. The van der Waals surface area contributed by atoms with Crippen molar-refractivity contribution in [1.82, 2.24) is 0 Å². The molecule has 1 aromatic rings. The maximum atomic E-state index is 4.08.